The van der Waals surface area contributed by atoms with E-state index in [4.69, 9.17) is 9.47 Å². The molecule has 0 radical (unpaired) electrons. The minimum atomic E-state index is -0.475. The highest BCUT2D eigenvalue weighted by Crippen LogP contribution is 2.33. The minimum Gasteiger partial charge on any atom is -0.489 e. The second-order valence-corrected chi connectivity index (χ2v) is 7.34. The van der Waals surface area contributed by atoms with Gasteiger partial charge in [0.15, 0.2) is 0 Å². The molecule has 7 nitrogen and oxygen atoms in total. The Labute approximate surface area is 175 Å². The maximum Gasteiger partial charge on any atom is 0.319 e. The molecule has 2 heterocycles. The Hall–Kier alpha value is -3.32. The fourth-order valence-electron chi connectivity index (χ4n) is 3.76. The van der Waals surface area contributed by atoms with Gasteiger partial charge in [0.25, 0.3) is 5.91 Å². The van der Waals surface area contributed by atoms with Crippen molar-refractivity contribution < 1.29 is 19.1 Å². The van der Waals surface area contributed by atoms with Crippen molar-refractivity contribution in [2.24, 2.45) is 0 Å². The van der Waals surface area contributed by atoms with Crippen molar-refractivity contribution in [3.8, 4) is 5.75 Å². The van der Waals surface area contributed by atoms with Gasteiger partial charge in [-0.05, 0) is 29.7 Å². The smallest absolute Gasteiger partial charge is 0.319 e. The number of rotatable bonds is 8. The number of hydrogen-bond donors (Lipinski definition) is 2. The van der Waals surface area contributed by atoms with Gasteiger partial charge in [-0.2, -0.15) is 0 Å². The summed E-state index contributed by atoms with van der Waals surface area (Å²) in [6.07, 6.45) is 0.752. The van der Waals surface area contributed by atoms with Crippen LogP contribution in [0.2, 0.25) is 0 Å². The SMILES string of the molecule is COCCCN1CC2=C(C1=O)C(c1ccc(OCc3ccccc3)cc1)NC(=O)N2. The summed E-state index contributed by atoms with van der Waals surface area (Å²) in [5, 5.41) is 5.67. The standard InChI is InChI=1S/C23H25N3O4/c1-29-13-5-12-26-14-19-20(22(26)27)21(25-23(28)24-19)17-8-10-18(11-9-17)30-15-16-6-3-2-4-7-16/h2-4,6-11,21H,5,12-15H2,1H3,(H2,24,25,28). The molecule has 4 rings (SSSR count). The van der Waals surface area contributed by atoms with Crippen molar-refractivity contribution in [1.29, 1.82) is 0 Å². The predicted molar refractivity (Wildman–Crippen MR) is 112 cm³/mol. The number of methoxy groups -OCH3 is 1. The summed E-state index contributed by atoms with van der Waals surface area (Å²) in [7, 11) is 1.64. The molecule has 0 saturated heterocycles. The zero-order valence-electron chi connectivity index (χ0n) is 16.9. The van der Waals surface area contributed by atoms with Crippen molar-refractivity contribution >= 4 is 11.9 Å². The minimum absolute atomic E-state index is 0.0528. The van der Waals surface area contributed by atoms with Gasteiger partial charge in [-0.3, -0.25) is 4.79 Å². The van der Waals surface area contributed by atoms with E-state index in [9.17, 15) is 9.59 Å². The van der Waals surface area contributed by atoms with E-state index in [1.165, 1.54) is 0 Å². The van der Waals surface area contributed by atoms with Gasteiger partial charge in [0.05, 0.1) is 23.9 Å². The van der Waals surface area contributed by atoms with E-state index in [-0.39, 0.29) is 11.9 Å². The van der Waals surface area contributed by atoms with Gasteiger partial charge in [0.2, 0.25) is 0 Å². The second kappa shape index (κ2) is 9.00. The first-order valence-corrected chi connectivity index (χ1v) is 10.0. The summed E-state index contributed by atoms with van der Waals surface area (Å²) in [5.41, 5.74) is 3.21. The van der Waals surface area contributed by atoms with Crippen molar-refractivity contribution in [3.63, 3.8) is 0 Å². The molecular weight excluding hydrogens is 382 g/mol. The number of nitrogens with one attached hydrogen (secondary N) is 2. The Morgan fingerprint density at radius 1 is 1.07 bits per heavy atom. The lowest BCUT2D eigenvalue weighted by molar-refractivity contribution is -0.125. The van der Waals surface area contributed by atoms with Gasteiger partial charge in [-0.1, -0.05) is 42.5 Å². The third-order valence-corrected chi connectivity index (χ3v) is 5.26. The average Bonchev–Trinajstić information content (AvgIpc) is 3.08. The highest BCUT2D eigenvalue weighted by Gasteiger charge is 2.40. The van der Waals surface area contributed by atoms with Gasteiger partial charge in [-0.25, -0.2) is 4.79 Å². The van der Waals surface area contributed by atoms with Crippen LogP contribution in [0.25, 0.3) is 0 Å². The van der Waals surface area contributed by atoms with Crippen LogP contribution < -0.4 is 15.4 Å². The monoisotopic (exact) mass is 407 g/mol. The van der Waals surface area contributed by atoms with Gasteiger partial charge >= 0.3 is 6.03 Å². The number of benzene rings is 2. The molecule has 0 fully saturated rings. The zero-order chi connectivity index (χ0) is 20.9. The number of carbonyl (C=O) groups excluding carboxylic acids is 2. The molecule has 0 aromatic heterocycles. The summed E-state index contributed by atoms with van der Waals surface area (Å²) in [6, 6.07) is 16.7. The summed E-state index contributed by atoms with van der Waals surface area (Å²) in [4.78, 5) is 26.9. The molecule has 156 valence electrons. The Morgan fingerprint density at radius 3 is 2.57 bits per heavy atom. The lowest BCUT2D eigenvalue weighted by Gasteiger charge is -2.25. The summed E-state index contributed by atoms with van der Waals surface area (Å²) >= 11 is 0. The van der Waals surface area contributed by atoms with E-state index in [0.29, 0.717) is 37.6 Å². The van der Waals surface area contributed by atoms with Crippen molar-refractivity contribution in [2.75, 3.05) is 26.8 Å². The molecular formula is C23H25N3O4. The first kappa shape index (κ1) is 20.0. The van der Waals surface area contributed by atoms with E-state index in [1.54, 1.807) is 12.0 Å². The maximum absolute atomic E-state index is 13.0. The molecule has 1 atom stereocenters. The Morgan fingerprint density at radius 2 is 1.83 bits per heavy atom. The molecule has 3 amide bonds. The highest BCUT2D eigenvalue weighted by atomic mass is 16.5. The number of hydrogen-bond acceptors (Lipinski definition) is 4. The van der Waals surface area contributed by atoms with Crippen LogP contribution in [0.15, 0.2) is 65.9 Å². The van der Waals surface area contributed by atoms with Crippen molar-refractivity contribution in [1.82, 2.24) is 15.5 Å². The third-order valence-electron chi connectivity index (χ3n) is 5.26. The van der Waals surface area contributed by atoms with Gasteiger partial charge in [0.1, 0.15) is 12.4 Å². The molecule has 1 unspecified atom stereocenters. The largest absolute Gasteiger partial charge is 0.489 e. The fraction of sp³-hybridized carbons (Fsp3) is 0.304. The van der Waals surface area contributed by atoms with Gasteiger partial charge < -0.3 is 25.0 Å². The molecule has 2 aromatic carbocycles. The van der Waals surface area contributed by atoms with E-state index >= 15 is 0 Å². The lowest BCUT2D eigenvalue weighted by Crippen LogP contribution is -2.44. The molecule has 2 aromatic rings. The van der Waals surface area contributed by atoms with Crippen molar-refractivity contribution in [3.05, 3.63) is 77.0 Å². The van der Waals surface area contributed by atoms with E-state index < -0.39 is 6.04 Å². The summed E-state index contributed by atoms with van der Waals surface area (Å²) < 4.78 is 10.9. The number of urea groups is 1. The number of ether oxygens (including phenoxy) is 2. The Bertz CT molecular complexity index is 941. The maximum atomic E-state index is 13.0. The quantitative estimate of drug-likeness (QED) is 0.660. The topological polar surface area (TPSA) is 79.9 Å². The lowest BCUT2D eigenvalue weighted by atomic mass is 9.96. The summed E-state index contributed by atoms with van der Waals surface area (Å²) in [5.74, 6) is 0.680. The number of carbonyl (C=O) groups is 2. The fourth-order valence-corrected chi connectivity index (χ4v) is 3.76. The second-order valence-electron chi connectivity index (χ2n) is 7.34. The van der Waals surface area contributed by atoms with Crippen LogP contribution in [-0.4, -0.2) is 43.6 Å². The van der Waals surface area contributed by atoms with Gasteiger partial charge in [0, 0.05) is 20.3 Å². The van der Waals surface area contributed by atoms with E-state index in [0.717, 1.165) is 23.3 Å². The van der Waals surface area contributed by atoms with Crippen LogP contribution in [0.1, 0.15) is 23.6 Å². The number of nitrogens with zero attached hydrogens (tertiary/aromatic N) is 1. The van der Waals surface area contributed by atoms with Crippen LogP contribution in [0.4, 0.5) is 4.79 Å². The third kappa shape index (κ3) is 4.31. The van der Waals surface area contributed by atoms with Crippen LogP contribution >= 0.6 is 0 Å². The molecule has 7 heteroatoms. The molecule has 2 aliphatic rings. The molecule has 2 aliphatic heterocycles. The average molecular weight is 407 g/mol. The molecule has 0 bridgehead atoms. The normalized spacial score (nSPS) is 18.2. The van der Waals surface area contributed by atoms with Crippen LogP contribution in [0.3, 0.4) is 0 Å². The summed E-state index contributed by atoms with van der Waals surface area (Å²) in [6.45, 7) is 2.08. The molecule has 30 heavy (non-hydrogen) atoms. The first-order chi connectivity index (χ1) is 14.7. The Balaban J connectivity index is 1.46. The first-order valence-electron chi connectivity index (χ1n) is 10.0. The van der Waals surface area contributed by atoms with Crippen molar-refractivity contribution in [2.45, 2.75) is 19.1 Å². The van der Waals surface area contributed by atoms with E-state index in [2.05, 4.69) is 10.6 Å². The van der Waals surface area contributed by atoms with Crippen LogP contribution in [0, 0.1) is 0 Å². The zero-order valence-corrected chi connectivity index (χ0v) is 16.9. The Kier molecular flexibility index (Phi) is 5.99. The molecule has 0 saturated carbocycles. The van der Waals surface area contributed by atoms with E-state index in [1.807, 2.05) is 54.6 Å². The van der Waals surface area contributed by atoms with Crippen LogP contribution in [0.5, 0.6) is 5.75 Å². The van der Waals surface area contributed by atoms with Gasteiger partial charge in [-0.15, -0.1) is 0 Å². The highest BCUT2D eigenvalue weighted by molar-refractivity contribution is 6.01. The number of amides is 3. The van der Waals surface area contributed by atoms with Crippen LogP contribution in [-0.2, 0) is 16.1 Å². The molecule has 0 aliphatic carbocycles. The molecule has 0 spiro atoms. The predicted octanol–water partition coefficient (Wildman–Crippen LogP) is 2.75. The molecule has 2 N–H and O–H groups in total.